The van der Waals surface area contributed by atoms with E-state index in [1.165, 1.54) is 0 Å². The molecule has 0 amide bonds. The van der Waals surface area contributed by atoms with E-state index in [-0.39, 0.29) is 5.75 Å². The second-order valence-corrected chi connectivity index (χ2v) is 3.19. The molecule has 1 heterocycles. The van der Waals surface area contributed by atoms with Crippen LogP contribution < -0.4 is 0 Å². The molecule has 2 rings (SSSR count). The van der Waals surface area contributed by atoms with E-state index in [9.17, 15) is 5.11 Å². The molecule has 0 saturated heterocycles. The van der Waals surface area contributed by atoms with Gasteiger partial charge >= 0.3 is 0 Å². The number of aromatic nitrogens is 1. The Labute approximate surface area is 82.5 Å². The molecule has 0 aliphatic carbocycles. The van der Waals surface area contributed by atoms with Crippen molar-refractivity contribution in [2.24, 2.45) is 0 Å². The Bertz CT molecular complexity index is 477. The van der Waals surface area contributed by atoms with Gasteiger partial charge in [-0.1, -0.05) is 18.2 Å². The summed E-state index contributed by atoms with van der Waals surface area (Å²) in [5.41, 5.74) is 1.76. The van der Waals surface area contributed by atoms with Crippen molar-refractivity contribution in [3.05, 3.63) is 48.7 Å². The molecule has 2 aromatic rings. The molecule has 0 radical (unpaired) electrons. The highest BCUT2D eigenvalue weighted by molar-refractivity contribution is 5.84. The predicted octanol–water partition coefficient (Wildman–Crippen LogP) is 2.67. The Morgan fingerprint density at radius 2 is 2.29 bits per heavy atom. The van der Waals surface area contributed by atoms with Crippen LogP contribution >= 0.6 is 0 Å². The Morgan fingerprint density at radius 1 is 1.43 bits per heavy atom. The number of hydrogen-bond acceptors (Lipinski definition) is 2. The zero-order chi connectivity index (χ0) is 9.97. The van der Waals surface area contributed by atoms with Gasteiger partial charge in [0, 0.05) is 11.6 Å². The van der Waals surface area contributed by atoms with Crippen molar-refractivity contribution < 1.29 is 5.11 Å². The molecule has 0 aliphatic heterocycles. The molecule has 1 aromatic carbocycles. The van der Waals surface area contributed by atoms with Crippen molar-refractivity contribution in [1.29, 1.82) is 0 Å². The highest BCUT2D eigenvalue weighted by Gasteiger charge is 2.00. The third-order valence-corrected chi connectivity index (χ3v) is 2.13. The van der Waals surface area contributed by atoms with Crippen LogP contribution in [0.15, 0.2) is 43.1 Å². The average Bonchev–Trinajstić information content (AvgIpc) is 2.18. The number of fused-ring (bicyclic) bond motifs is 1. The van der Waals surface area contributed by atoms with Crippen molar-refractivity contribution in [3.8, 4) is 5.75 Å². The van der Waals surface area contributed by atoms with E-state index in [1.54, 1.807) is 12.3 Å². The largest absolute Gasteiger partial charge is 0.506 e. The minimum atomic E-state index is 0.229. The molecule has 0 atom stereocenters. The van der Waals surface area contributed by atoms with Gasteiger partial charge in [-0.3, -0.25) is 4.98 Å². The van der Waals surface area contributed by atoms with Crippen molar-refractivity contribution >= 4 is 10.9 Å². The standard InChI is InChI=1S/C12H11NO/c1-2-4-9-7-10-5-3-6-11(14)12(10)13-8-9/h2-3,5-8,14H,1,4H2. The van der Waals surface area contributed by atoms with Gasteiger partial charge < -0.3 is 5.11 Å². The third kappa shape index (κ3) is 1.46. The van der Waals surface area contributed by atoms with E-state index in [4.69, 9.17) is 0 Å². The summed E-state index contributed by atoms with van der Waals surface area (Å²) in [4.78, 5) is 4.20. The molecule has 0 saturated carbocycles. The molecule has 14 heavy (non-hydrogen) atoms. The number of para-hydroxylation sites is 1. The number of phenolic OH excluding ortho intramolecular Hbond substituents is 1. The number of nitrogens with zero attached hydrogens (tertiary/aromatic N) is 1. The van der Waals surface area contributed by atoms with Gasteiger partial charge in [-0.2, -0.15) is 0 Å². The summed E-state index contributed by atoms with van der Waals surface area (Å²) < 4.78 is 0. The molecule has 2 heteroatoms. The molecule has 1 aromatic heterocycles. The van der Waals surface area contributed by atoms with E-state index < -0.39 is 0 Å². The number of aromatic hydroxyl groups is 1. The maximum Gasteiger partial charge on any atom is 0.141 e. The van der Waals surface area contributed by atoms with Crippen LogP contribution in [0.3, 0.4) is 0 Å². The third-order valence-electron chi connectivity index (χ3n) is 2.13. The van der Waals surface area contributed by atoms with Crippen molar-refractivity contribution in [1.82, 2.24) is 4.98 Å². The number of phenols is 1. The fourth-order valence-electron chi connectivity index (χ4n) is 1.47. The average molecular weight is 185 g/mol. The lowest BCUT2D eigenvalue weighted by atomic mass is 10.1. The molecule has 70 valence electrons. The Hall–Kier alpha value is -1.83. The number of allylic oxidation sites excluding steroid dienone is 1. The van der Waals surface area contributed by atoms with Gasteiger partial charge in [-0.15, -0.1) is 6.58 Å². The Morgan fingerprint density at radius 3 is 3.07 bits per heavy atom. The second-order valence-electron chi connectivity index (χ2n) is 3.19. The zero-order valence-electron chi connectivity index (χ0n) is 7.77. The molecule has 0 aliphatic rings. The van der Waals surface area contributed by atoms with E-state index in [0.29, 0.717) is 5.52 Å². The zero-order valence-corrected chi connectivity index (χ0v) is 7.77. The van der Waals surface area contributed by atoms with Gasteiger partial charge in [0.15, 0.2) is 0 Å². The molecule has 0 fully saturated rings. The number of rotatable bonds is 2. The smallest absolute Gasteiger partial charge is 0.141 e. The second kappa shape index (κ2) is 3.50. The molecule has 0 bridgehead atoms. The fraction of sp³-hybridized carbons (Fsp3) is 0.0833. The molecule has 2 nitrogen and oxygen atoms in total. The lowest BCUT2D eigenvalue weighted by Crippen LogP contribution is -1.85. The first-order chi connectivity index (χ1) is 6.81. The summed E-state index contributed by atoms with van der Waals surface area (Å²) in [6.45, 7) is 3.68. The molecule has 0 spiro atoms. The summed E-state index contributed by atoms with van der Waals surface area (Å²) in [5.74, 6) is 0.229. The fourth-order valence-corrected chi connectivity index (χ4v) is 1.47. The van der Waals surface area contributed by atoms with Crippen LogP contribution in [0.25, 0.3) is 10.9 Å². The Kier molecular flexibility index (Phi) is 2.19. The van der Waals surface area contributed by atoms with Crippen molar-refractivity contribution in [3.63, 3.8) is 0 Å². The minimum absolute atomic E-state index is 0.229. The lowest BCUT2D eigenvalue weighted by Gasteiger charge is -2.01. The highest BCUT2D eigenvalue weighted by atomic mass is 16.3. The first-order valence-electron chi connectivity index (χ1n) is 4.49. The van der Waals surface area contributed by atoms with Crippen LogP contribution in [0.5, 0.6) is 5.75 Å². The van der Waals surface area contributed by atoms with Gasteiger partial charge in [0.05, 0.1) is 0 Å². The Balaban J connectivity index is 2.61. The van der Waals surface area contributed by atoms with Crippen LogP contribution in [-0.4, -0.2) is 10.1 Å². The van der Waals surface area contributed by atoms with E-state index >= 15 is 0 Å². The highest BCUT2D eigenvalue weighted by Crippen LogP contribution is 2.22. The quantitative estimate of drug-likeness (QED) is 0.729. The minimum Gasteiger partial charge on any atom is -0.506 e. The van der Waals surface area contributed by atoms with Gasteiger partial charge in [0.1, 0.15) is 11.3 Å². The molecular formula is C12H11NO. The van der Waals surface area contributed by atoms with E-state index in [0.717, 1.165) is 17.4 Å². The van der Waals surface area contributed by atoms with Gasteiger partial charge in [0.2, 0.25) is 0 Å². The first kappa shape index (κ1) is 8.75. The molecule has 0 unspecified atom stereocenters. The monoisotopic (exact) mass is 185 g/mol. The SMILES string of the molecule is C=CCc1cnc2c(O)cccc2c1. The summed E-state index contributed by atoms with van der Waals surface area (Å²) >= 11 is 0. The van der Waals surface area contributed by atoms with Crippen LogP contribution in [0.4, 0.5) is 0 Å². The number of benzene rings is 1. The summed E-state index contributed by atoms with van der Waals surface area (Å²) in [6.07, 6.45) is 4.41. The lowest BCUT2D eigenvalue weighted by molar-refractivity contribution is 0.480. The van der Waals surface area contributed by atoms with E-state index in [1.807, 2.05) is 24.3 Å². The maximum atomic E-state index is 9.51. The van der Waals surface area contributed by atoms with Crippen LogP contribution in [0.1, 0.15) is 5.56 Å². The summed E-state index contributed by atoms with van der Waals surface area (Å²) in [6, 6.07) is 7.41. The molecular weight excluding hydrogens is 174 g/mol. The predicted molar refractivity (Wildman–Crippen MR) is 57.3 cm³/mol. The number of pyridine rings is 1. The van der Waals surface area contributed by atoms with E-state index in [2.05, 4.69) is 11.6 Å². The number of hydrogen-bond donors (Lipinski definition) is 1. The molecule has 1 N–H and O–H groups in total. The first-order valence-corrected chi connectivity index (χ1v) is 4.49. The van der Waals surface area contributed by atoms with Crippen LogP contribution in [0, 0.1) is 0 Å². The summed E-state index contributed by atoms with van der Waals surface area (Å²) in [7, 11) is 0. The van der Waals surface area contributed by atoms with Crippen molar-refractivity contribution in [2.75, 3.05) is 0 Å². The normalized spacial score (nSPS) is 10.3. The maximum absolute atomic E-state index is 9.51. The van der Waals surface area contributed by atoms with Gasteiger partial charge in [0.25, 0.3) is 0 Å². The van der Waals surface area contributed by atoms with Crippen molar-refractivity contribution in [2.45, 2.75) is 6.42 Å². The van der Waals surface area contributed by atoms with Gasteiger partial charge in [-0.25, -0.2) is 0 Å². The van der Waals surface area contributed by atoms with Gasteiger partial charge in [-0.05, 0) is 24.1 Å². The van der Waals surface area contributed by atoms with Crippen LogP contribution in [-0.2, 0) is 6.42 Å². The summed E-state index contributed by atoms with van der Waals surface area (Å²) in [5, 5.41) is 10.5. The topological polar surface area (TPSA) is 33.1 Å². The van der Waals surface area contributed by atoms with Crippen LogP contribution in [0.2, 0.25) is 0 Å².